The fourth-order valence-electron chi connectivity index (χ4n) is 2.37. The van der Waals surface area contributed by atoms with E-state index >= 15 is 0 Å². The zero-order valence-corrected chi connectivity index (χ0v) is 12.9. The van der Waals surface area contributed by atoms with Crippen molar-refractivity contribution in [3.05, 3.63) is 23.8 Å². The second-order valence-corrected chi connectivity index (χ2v) is 6.36. The van der Waals surface area contributed by atoms with E-state index < -0.39 is 5.41 Å². The summed E-state index contributed by atoms with van der Waals surface area (Å²) >= 11 is 0. The summed E-state index contributed by atoms with van der Waals surface area (Å²) in [7, 11) is 3.22. The SMILES string of the molecule is COc1ccc(C2(C(=O)NC(C)(C)C)CC2)cc1OC. The van der Waals surface area contributed by atoms with E-state index in [1.165, 1.54) is 0 Å². The van der Waals surface area contributed by atoms with Gasteiger partial charge in [-0.3, -0.25) is 4.79 Å². The fraction of sp³-hybridized carbons (Fsp3) is 0.562. The Morgan fingerprint density at radius 2 is 1.75 bits per heavy atom. The van der Waals surface area contributed by atoms with Gasteiger partial charge in [-0.05, 0) is 51.3 Å². The van der Waals surface area contributed by atoms with Gasteiger partial charge in [0.2, 0.25) is 5.91 Å². The van der Waals surface area contributed by atoms with Gasteiger partial charge in [-0.25, -0.2) is 0 Å². The Labute approximate surface area is 120 Å². The minimum atomic E-state index is -0.396. The summed E-state index contributed by atoms with van der Waals surface area (Å²) < 4.78 is 10.6. The van der Waals surface area contributed by atoms with Crippen LogP contribution in [0.4, 0.5) is 0 Å². The molecule has 1 fully saturated rings. The van der Waals surface area contributed by atoms with Crippen molar-refractivity contribution >= 4 is 5.91 Å². The van der Waals surface area contributed by atoms with Gasteiger partial charge in [0.25, 0.3) is 0 Å². The third kappa shape index (κ3) is 2.74. The number of rotatable bonds is 4. The van der Waals surface area contributed by atoms with Crippen molar-refractivity contribution in [3.63, 3.8) is 0 Å². The third-order valence-electron chi connectivity index (χ3n) is 3.61. The van der Waals surface area contributed by atoms with Crippen molar-refractivity contribution in [2.75, 3.05) is 14.2 Å². The summed E-state index contributed by atoms with van der Waals surface area (Å²) in [6, 6.07) is 5.73. The van der Waals surface area contributed by atoms with Crippen LogP contribution in [-0.2, 0) is 10.2 Å². The maximum atomic E-state index is 12.5. The summed E-state index contributed by atoms with van der Waals surface area (Å²) in [5.41, 5.74) is 0.382. The number of nitrogens with one attached hydrogen (secondary N) is 1. The number of amides is 1. The predicted molar refractivity (Wildman–Crippen MR) is 78.4 cm³/mol. The number of hydrogen-bond donors (Lipinski definition) is 1. The summed E-state index contributed by atoms with van der Waals surface area (Å²) in [6.45, 7) is 5.99. The van der Waals surface area contributed by atoms with E-state index in [-0.39, 0.29) is 11.4 Å². The molecule has 4 nitrogen and oxygen atoms in total. The van der Waals surface area contributed by atoms with Crippen LogP contribution in [-0.4, -0.2) is 25.7 Å². The smallest absolute Gasteiger partial charge is 0.231 e. The van der Waals surface area contributed by atoms with Gasteiger partial charge in [0, 0.05) is 5.54 Å². The third-order valence-corrected chi connectivity index (χ3v) is 3.61. The Morgan fingerprint density at radius 3 is 2.20 bits per heavy atom. The van der Waals surface area contributed by atoms with E-state index in [9.17, 15) is 4.79 Å². The van der Waals surface area contributed by atoms with Crippen LogP contribution in [0, 0.1) is 0 Å². The van der Waals surface area contributed by atoms with E-state index in [1.807, 2.05) is 39.0 Å². The highest BCUT2D eigenvalue weighted by atomic mass is 16.5. The van der Waals surface area contributed by atoms with E-state index in [2.05, 4.69) is 5.32 Å². The minimum Gasteiger partial charge on any atom is -0.493 e. The lowest BCUT2D eigenvalue weighted by Crippen LogP contribution is -2.46. The molecule has 1 aliphatic rings. The zero-order chi connectivity index (χ0) is 15.0. The Balaban J connectivity index is 2.29. The van der Waals surface area contributed by atoms with Crippen molar-refractivity contribution < 1.29 is 14.3 Å². The minimum absolute atomic E-state index is 0.0946. The fourth-order valence-corrected chi connectivity index (χ4v) is 2.37. The van der Waals surface area contributed by atoms with Gasteiger partial charge in [0.05, 0.1) is 19.6 Å². The monoisotopic (exact) mass is 277 g/mol. The summed E-state index contributed by atoms with van der Waals surface area (Å²) in [5, 5.41) is 3.08. The second kappa shape index (κ2) is 5.00. The topological polar surface area (TPSA) is 47.6 Å². The lowest BCUT2D eigenvalue weighted by atomic mass is 9.93. The van der Waals surface area contributed by atoms with E-state index in [0.717, 1.165) is 18.4 Å². The molecule has 1 aliphatic carbocycles. The van der Waals surface area contributed by atoms with Crippen molar-refractivity contribution in [2.24, 2.45) is 0 Å². The maximum absolute atomic E-state index is 12.5. The summed E-state index contributed by atoms with van der Waals surface area (Å²) in [4.78, 5) is 12.5. The van der Waals surface area contributed by atoms with E-state index in [4.69, 9.17) is 9.47 Å². The number of carbonyl (C=O) groups excluding carboxylic acids is 1. The van der Waals surface area contributed by atoms with Gasteiger partial charge in [-0.15, -0.1) is 0 Å². The van der Waals surface area contributed by atoms with Crippen LogP contribution in [0.5, 0.6) is 11.5 Å². The molecule has 110 valence electrons. The van der Waals surface area contributed by atoms with Gasteiger partial charge in [-0.1, -0.05) is 6.07 Å². The normalized spacial score (nSPS) is 16.4. The highest BCUT2D eigenvalue weighted by Gasteiger charge is 2.52. The molecule has 0 unspecified atom stereocenters. The van der Waals surface area contributed by atoms with Gasteiger partial charge in [0.15, 0.2) is 11.5 Å². The van der Waals surface area contributed by atoms with Crippen LogP contribution < -0.4 is 14.8 Å². The zero-order valence-electron chi connectivity index (χ0n) is 12.9. The summed E-state index contributed by atoms with van der Waals surface area (Å²) in [5.74, 6) is 1.44. The van der Waals surface area contributed by atoms with E-state index in [1.54, 1.807) is 14.2 Å². The summed E-state index contributed by atoms with van der Waals surface area (Å²) in [6.07, 6.45) is 1.76. The quantitative estimate of drug-likeness (QED) is 0.920. The number of carbonyl (C=O) groups is 1. The highest BCUT2D eigenvalue weighted by molar-refractivity contribution is 5.92. The van der Waals surface area contributed by atoms with Crippen molar-refractivity contribution in [2.45, 2.75) is 44.6 Å². The molecule has 0 heterocycles. The Morgan fingerprint density at radius 1 is 1.15 bits per heavy atom. The molecule has 0 radical (unpaired) electrons. The van der Waals surface area contributed by atoms with Gasteiger partial charge in [-0.2, -0.15) is 0 Å². The van der Waals surface area contributed by atoms with Gasteiger partial charge in [0.1, 0.15) is 0 Å². The second-order valence-electron chi connectivity index (χ2n) is 6.36. The van der Waals surface area contributed by atoms with Gasteiger partial charge >= 0.3 is 0 Å². The van der Waals surface area contributed by atoms with Crippen molar-refractivity contribution in [3.8, 4) is 11.5 Å². The van der Waals surface area contributed by atoms with Crippen LogP contribution >= 0.6 is 0 Å². The Bertz CT molecular complexity index is 513. The number of ether oxygens (including phenoxy) is 2. The number of methoxy groups -OCH3 is 2. The largest absolute Gasteiger partial charge is 0.493 e. The molecule has 1 aromatic carbocycles. The first-order chi connectivity index (χ1) is 9.32. The van der Waals surface area contributed by atoms with Crippen LogP contribution in [0.15, 0.2) is 18.2 Å². The lowest BCUT2D eigenvalue weighted by Gasteiger charge is -2.25. The average molecular weight is 277 g/mol. The Kier molecular flexibility index (Phi) is 3.67. The number of benzene rings is 1. The van der Waals surface area contributed by atoms with Gasteiger partial charge < -0.3 is 14.8 Å². The lowest BCUT2D eigenvalue weighted by molar-refractivity contribution is -0.125. The molecule has 0 atom stereocenters. The first-order valence-corrected chi connectivity index (χ1v) is 6.87. The first kappa shape index (κ1) is 14.7. The van der Waals surface area contributed by atoms with Crippen molar-refractivity contribution in [1.82, 2.24) is 5.32 Å². The first-order valence-electron chi connectivity index (χ1n) is 6.87. The van der Waals surface area contributed by atoms with Crippen LogP contribution in [0.25, 0.3) is 0 Å². The molecule has 0 aliphatic heterocycles. The molecule has 4 heteroatoms. The highest BCUT2D eigenvalue weighted by Crippen LogP contribution is 2.50. The molecule has 1 amide bonds. The van der Waals surface area contributed by atoms with Crippen molar-refractivity contribution in [1.29, 1.82) is 0 Å². The predicted octanol–water partition coefficient (Wildman–Crippen LogP) is 2.65. The molecule has 0 bridgehead atoms. The van der Waals surface area contributed by atoms with Crippen LogP contribution in [0.3, 0.4) is 0 Å². The van der Waals surface area contributed by atoms with Crippen LogP contribution in [0.1, 0.15) is 39.2 Å². The molecule has 1 aromatic rings. The molecule has 20 heavy (non-hydrogen) atoms. The molecule has 2 rings (SSSR count). The Hall–Kier alpha value is -1.71. The molecule has 0 saturated heterocycles. The molecule has 1 saturated carbocycles. The standard InChI is InChI=1S/C16H23NO3/c1-15(2,3)17-14(18)16(8-9-16)11-6-7-12(19-4)13(10-11)20-5/h6-7,10H,8-9H2,1-5H3,(H,17,18). The van der Waals surface area contributed by atoms with E-state index in [0.29, 0.717) is 11.5 Å². The molecular formula is C16H23NO3. The molecule has 0 aromatic heterocycles. The number of hydrogen-bond acceptors (Lipinski definition) is 3. The molecular weight excluding hydrogens is 254 g/mol. The molecule has 1 N–H and O–H groups in total. The van der Waals surface area contributed by atoms with Crippen LogP contribution in [0.2, 0.25) is 0 Å². The maximum Gasteiger partial charge on any atom is 0.231 e. The average Bonchev–Trinajstić information content (AvgIpc) is 3.17. The molecule has 0 spiro atoms.